The van der Waals surface area contributed by atoms with Crippen molar-refractivity contribution in [3.05, 3.63) is 64.8 Å². The summed E-state index contributed by atoms with van der Waals surface area (Å²) in [6.07, 6.45) is -0.733. The van der Waals surface area contributed by atoms with Gasteiger partial charge in [0.2, 0.25) is 5.88 Å². The lowest BCUT2D eigenvalue weighted by atomic mass is 10.1. The molecule has 9 heteroatoms. The first-order valence-electron chi connectivity index (χ1n) is 9.68. The van der Waals surface area contributed by atoms with Gasteiger partial charge in [-0.15, -0.1) is 0 Å². The summed E-state index contributed by atoms with van der Waals surface area (Å²) in [4.78, 5) is 12.5. The second-order valence-electron chi connectivity index (χ2n) is 7.30. The van der Waals surface area contributed by atoms with E-state index in [-0.39, 0.29) is 16.7 Å². The molecule has 31 heavy (non-hydrogen) atoms. The number of nitrogens with zero attached hydrogens (tertiary/aromatic N) is 1. The van der Waals surface area contributed by atoms with Crippen LogP contribution >= 0.6 is 0 Å². The second-order valence-corrected chi connectivity index (χ2v) is 8.98. The Kier molecular flexibility index (Phi) is 6.35. The van der Waals surface area contributed by atoms with E-state index in [1.807, 2.05) is 32.0 Å². The predicted octanol–water partition coefficient (Wildman–Crippen LogP) is 4.12. The SMILES string of the molecule is Cc1cccc(OC(C)C(=O)Nc2ccc(S(=O)(=O)Nc3onc(C)c3C)cc2)c1C. The van der Waals surface area contributed by atoms with E-state index in [0.29, 0.717) is 22.7 Å². The lowest BCUT2D eigenvalue weighted by Gasteiger charge is -2.17. The van der Waals surface area contributed by atoms with Crippen LogP contribution in [0.1, 0.15) is 29.3 Å². The smallest absolute Gasteiger partial charge is 0.265 e. The molecule has 1 aromatic heterocycles. The Labute approximate surface area is 181 Å². The third kappa shape index (κ3) is 5.05. The van der Waals surface area contributed by atoms with Crippen LogP contribution in [0.3, 0.4) is 0 Å². The lowest BCUT2D eigenvalue weighted by Crippen LogP contribution is -2.30. The van der Waals surface area contributed by atoms with Gasteiger partial charge in [0.05, 0.1) is 10.6 Å². The highest BCUT2D eigenvalue weighted by molar-refractivity contribution is 7.92. The number of aryl methyl sites for hydroxylation is 2. The minimum atomic E-state index is -3.85. The number of hydrogen-bond acceptors (Lipinski definition) is 6. The monoisotopic (exact) mass is 443 g/mol. The molecule has 164 valence electrons. The number of carbonyl (C=O) groups excluding carboxylic acids is 1. The number of hydrogen-bond donors (Lipinski definition) is 2. The Bertz CT molecular complexity index is 1200. The molecule has 3 aromatic rings. The van der Waals surface area contributed by atoms with Crippen molar-refractivity contribution >= 4 is 27.5 Å². The molecule has 0 bridgehead atoms. The highest BCUT2D eigenvalue weighted by atomic mass is 32.2. The number of amides is 1. The van der Waals surface area contributed by atoms with Crippen LogP contribution in [0.4, 0.5) is 11.6 Å². The number of benzene rings is 2. The van der Waals surface area contributed by atoms with Crippen molar-refractivity contribution in [3.8, 4) is 5.75 Å². The van der Waals surface area contributed by atoms with Crippen molar-refractivity contribution in [1.29, 1.82) is 0 Å². The summed E-state index contributed by atoms with van der Waals surface area (Å²) in [6.45, 7) is 9.00. The Morgan fingerprint density at radius 1 is 1.03 bits per heavy atom. The third-order valence-corrected chi connectivity index (χ3v) is 6.39. The van der Waals surface area contributed by atoms with Crippen molar-refractivity contribution < 1.29 is 22.5 Å². The molecule has 3 rings (SSSR count). The van der Waals surface area contributed by atoms with E-state index in [1.54, 1.807) is 20.8 Å². The molecule has 1 unspecified atom stereocenters. The zero-order chi connectivity index (χ0) is 22.8. The van der Waals surface area contributed by atoms with E-state index in [9.17, 15) is 13.2 Å². The molecule has 0 aliphatic heterocycles. The van der Waals surface area contributed by atoms with Gasteiger partial charge in [-0.1, -0.05) is 17.3 Å². The summed E-state index contributed by atoms with van der Waals surface area (Å²) in [5, 5.41) is 6.47. The first-order chi connectivity index (χ1) is 14.6. The van der Waals surface area contributed by atoms with Crippen LogP contribution in [0.25, 0.3) is 0 Å². The Morgan fingerprint density at radius 3 is 2.32 bits per heavy atom. The molecule has 2 N–H and O–H groups in total. The van der Waals surface area contributed by atoms with E-state index in [2.05, 4.69) is 15.2 Å². The molecule has 0 saturated heterocycles. The molecule has 0 fully saturated rings. The maximum absolute atomic E-state index is 12.6. The molecule has 0 aliphatic rings. The molecule has 0 radical (unpaired) electrons. The van der Waals surface area contributed by atoms with E-state index >= 15 is 0 Å². The first kappa shape index (κ1) is 22.4. The summed E-state index contributed by atoms with van der Waals surface area (Å²) in [5.74, 6) is 0.378. The highest BCUT2D eigenvalue weighted by Gasteiger charge is 2.20. The van der Waals surface area contributed by atoms with E-state index in [0.717, 1.165) is 11.1 Å². The van der Waals surface area contributed by atoms with Gasteiger partial charge in [-0.05, 0) is 76.1 Å². The van der Waals surface area contributed by atoms with Gasteiger partial charge in [0, 0.05) is 11.3 Å². The summed E-state index contributed by atoms with van der Waals surface area (Å²) in [6, 6.07) is 11.5. The van der Waals surface area contributed by atoms with Crippen molar-refractivity contribution in [2.24, 2.45) is 0 Å². The minimum Gasteiger partial charge on any atom is -0.481 e. The van der Waals surface area contributed by atoms with Crippen LogP contribution in [-0.2, 0) is 14.8 Å². The Balaban J connectivity index is 1.66. The van der Waals surface area contributed by atoms with Crippen LogP contribution in [0.2, 0.25) is 0 Å². The molecule has 2 aromatic carbocycles. The number of ether oxygens (including phenoxy) is 1. The summed E-state index contributed by atoms with van der Waals surface area (Å²) in [5.41, 5.74) is 3.72. The summed E-state index contributed by atoms with van der Waals surface area (Å²) >= 11 is 0. The standard InChI is InChI=1S/C22H25N3O5S/c1-13-7-6-8-20(14(13)2)29-17(5)21(26)23-18-9-11-19(12-10-18)31(27,28)25-22-15(3)16(4)24-30-22/h6-12,17,25H,1-5H3,(H,23,26). The maximum Gasteiger partial charge on any atom is 0.265 e. The van der Waals surface area contributed by atoms with Crippen molar-refractivity contribution in [2.75, 3.05) is 10.0 Å². The number of nitrogens with one attached hydrogen (secondary N) is 2. The second kappa shape index (κ2) is 8.81. The number of rotatable bonds is 7. The van der Waals surface area contributed by atoms with E-state index in [1.165, 1.54) is 24.3 Å². The van der Waals surface area contributed by atoms with Gasteiger partial charge in [0.1, 0.15) is 5.75 Å². The van der Waals surface area contributed by atoms with Crippen LogP contribution < -0.4 is 14.8 Å². The molecular formula is C22H25N3O5S. The molecule has 1 amide bonds. The average Bonchev–Trinajstić information content (AvgIpc) is 3.03. The van der Waals surface area contributed by atoms with Crippen LogP contribution in [0, 0.1) is 27.7 Å². The van der Waals surface area contributed by atoms with Gasteiger partial charge in [0.15, 0.2) is 6.10 Å². The molecule has 0 aliphatic carbocycles. The summed E-state index contributed by atoms with van der Waals surface area (Å²) in [7, 11) is -3.85. The third-order valence-electron chi connectivity index (χ3n) is 5.04. The van der Waals surface area contributed by atoms with Crippen LogP contribution in [0.5, 0.6) is 5.75 Å². The van der Waals surface area contributed by atoms with Gasteiger partial charge < -0.3 is 14.6 Å². The van der Waals surface area contributed by atoms with Crippen LogP contribution in [-0.4, -0.2) is 25.6 Å². The fourth-order valence-corrected chi connectivity index (χ4v) is 3.80. The summed E-state index contributed by atoms with van der Waals surface area (Å²) < 4.78 is 38.3. The molecule has 0 saturated carbocycles. The fourth-order valence-electron chi connectivity index (χ4n) is 2.75. The van der Waals surface area contributed by atoms with Crippen LogP contribution in [0.15, 0.2) is 51.9 Å². The van der Waals surface area contributed by atoms with Crippen molar-refractivity contribution in [2.45, 2.75) is 45.6 Å². The molecule has 1 heterocycles. The average molecular weight is 444 g/mol. The lowest BCUT2D eigenvalue weighted by molar-refractivity contribution is -0.122. The van der Waals surface area contributed by atoms with Gasteiger partial charge in [-0.25, -0.2) is 13.1 Å². The molecule has 8 nitrogen and oxygen atoms in total. The van der Waals surface area contributed by atoms with Crippen molar-refractivity contribution in [1.82, 2.24) is 5.16 Å². The van der Waals surface area contributed by atoms with E-state index < -0.39 is 16.1 Å². The number of aromatic nitrogens is 1. The Morgan fingerprint density at radius 2 is 1.71 bits per heavy atom. The quantitative estimate of drug-likeness (QED) is 0.568. The van der Waals surface area contributed by atoms with Gasteiger partial charge in [-0.3, -0.25) is 4.79 Å². The zero-order valence-corrected chi connectivity index (χ0v) is 18.8. The number of sulfonamides is 1. The molecule has 1 atom stereocenters. The normalized spacial score (nSPS) is 12.3. The zero-order valence-electron chi connectivity index (χ0n) is 18.0. The number of anilines is 2. The van der Waals surface area contributed by atoms with E-state index in [4.69, 9.17) is 9.26 Å². The minimum absolute atomic E-state index is 0.0265. The first-order valence-corrected chi connectivity index (χ1v) is 11.2. The molecular weight excluding hydrogens is 418 g/mol. The number of carbonyl (C=O) groups is 1. The Hall–Kier alpha value is -3.33. The molecule has 0 spiro atoms. The maximum atomic E-state index is 12.6. The highest BCUT2D eigenvalue weighted by Crippen LogP contribution is 2.24. The van der Waals surface area contributed by atoms with Gasteiger partial charge in [0.25, 0.3) is 15.9 Å². The topological polar surface area (TPSA) is 111 Å². The van der Waals surface area contributed by atoms with Gasteiger partial charge in [-0.2, -0.15) is 0 Å². The van der Waals surface area contributed by atoms with Gasteiger partial charge >= 0.3 is 0 Å². The largest absolute Gasteiger partial charge is 0.481 e. The fraction of sp³-hybridized carbons (Fsp3) is 0.273. The predicted molar refractivity (Wildman–Crippen MR) is 118 cm³/mol. The van der Waals surface area contributed by atoms with Crippen molar-refractivity contribution in [3.63, 3.8) is 0 Å².